The molecule has 4 bridgehead atoms. The van der Waals surface area contributed by atoms with Crippen molar-refractivity contribution in [1.82, 2.24) is 0 Å². The first-order valence-electron chi connectivity index (χ1n) is 10.2. The third kappa shape index (κ3) is 3.44. The molecule has 33 heavy (non-hydrogen) atoms. The summed E-state index contributed by atoms with van der Waals surface area (Å²) in [6, 6.07) is 0. The molecule has 4 saturated carbocycles. The molecule has 1 spiro atoms. The lowest BCUT2D eigenvalue weighted by Gasteiger charge is -2.63. The van der Waals surface area contributed by atoms with Crippen LogP contribution in [0.2, 0.25) is 0 Å². The van der Waals surface area contributed by atoms with Crippen molar-refractivity contribution < 1.29 is 62.9 Å². The zero-order valence-corrected chi connectivity index (χ0v) is 17.1. The zero-order valence-electron chi connectivity index (χ0n) is 17.1. The molecule has 2 atom stereocenters. The number of ether oxygens (including phenoxy) is 3. The number of hydrogen-bond donors (Lipinski definition) is 0. The van der Waals surface area contributed by atoms with Gasteiger partial charge < -0.3 is 14.2 Å². The molecule has 5 fully saturated rings. The Morgan fingerprint density at radius 3 is 1.73 bits per heavy atom. The van der Waals surface area contributed by atoms with E-state index in [0.29, 0.717) is 0 Å². The summed E-state index contributed by atoms with van der Waals surface area (Å²) < 4.78 is 152. The van der Waals surface area contributed by atoms with Crippen LogP contribution in [-0.2, 0) is 19.0 Å². The van der Waals surface area contributed by atoms with Crippen LogP contribution in [0, 0.1) is 17.8 Å². The number of halogens is 10. The fraction of sp³-hybridized carbons (Fsp3) is 0.947. The standard InChI is InChI=1S/C19H20F10O4/c1-13(20,21)19(28,29)18(26,27)12(30)33-14-4-9-2-10(5-14)17(11(3-9)6-14)31-7-15(22,23)16(24,25)8-32-17/h9-11H,2-8H2,1H3. The van der Waals surface area contributed by atoms with Crippen molar-refractivity contribution >= 4 is 5.97 Å². The van der Waals surface area contributed by atoms with Crippen LogP contribution >= 0.6 is 0 Å². The average Bonchev–Trinajstić information content (AvgIpc) is 2.73. The Kier molecular flexibility index (Phi) is 5.17. The molecule has 14 heteroatoms. The van der Waals surface area contributed by atoms with E-state index in [0.717, 1.165) is 0 Å². The number of carbonyl (C=O) groups is 1. The van der Waals surface area contributed by atoms with Gasteiger partial charge in [-0.2, -0.15) is 43.9 Å². The van der Waals surface area contributed by atoms with Gasteiger partial charge in [-0.1, -0.05) is 0 Å². The molecule has 190 valence electrons. The molecule has 0 aromatic heterocycles. The SMILES string of the molecule is CC(F)(F)C(F)(F)C(F)(F)C(=O)OC12CC3CC(C1)C1(OCC(F)(F)C(F)(F)CO1)C(C3)C2. The maximum atomic E-state index is 14.0. The van der Waals surface area contributed by atoms with E-state index in [-0.39, 0.29) is 38.0 Å². The molecule has 4 nitrogen and oxygen atoms in total. The Hall–Kier alpha value is -1.31. The van der Waals surface area contributed by atoms with Gasteiger partial charge in [0.15, 0.2) is 5.79 Å². The molecule has 2 unspecified atom stereocenters. The summed E-state index contributed by atoms with van der Waals surface area (Å²) in [5, 5.41) is 0. The van der Waals surface area contributed by atoms with E-state index in [1.165, 1.54) is 0 Å². The minimum atomic E-state index is -6.04. The maximum absolute atomic E-state index is 14.0. The minimum Gasteiger partial charge on any atom is -0.454 e. The van der Waals surface area contributed by atoms with E-state index in [4.69, 9.17) is 14.2 Å². The van der Waals surface area contributed by atoms with Gasteiger partial charge in [0, 0.05) is 18.8 Å². The first-order valence-corrected chi connectivity index (χ1v) is 10.2. The molecule has 0 N–H and O–H groups in total. The lowest BCUT2D eigenvalue weighted by molar-refractivity contribution is -0.358. The number of rotatable bonds is 4. The van der Waals surface area contributed by atoms with E-state index in [2.05, 4.69) is 0 Å². The van der Waals surface area contributed by atoms with Crippen LogP contribution in [0.3, 0.4) is 0 Å². The topological polar surface area (TPSA) is 44.8 Å². The summed E-state index contributed by atoms with van der Waals surface area (Å²) in [7, 11) is 0. The summed E-state index contributed by atoms with van der Waals surface area (Å²) in [5.41, 5.74) is -1.79. The Morgan fingerprint density at radius 1 is 0.848 bits per heavy atom. The van der Waals surface area contributed by atoms with Gasteiger partial charge in [0.1, 0.15) is 18.8 Å². The van der Waals surface area contributed by atoms with Crippen molar-refractivity contribution in [3.8, 4) is 0 Å². The van der Waals surface area contributed by atoms with Crippen molar-refractivity contribution in [3.63, 3.8) is 0 Å². The van der Waals surface area contributed by atoms with E-state index >= 15 is 0 Å². The van der Waals surface area contributed by atoms with Crippen molar-refractivity contribution in [2.75, 3.05) is 13.2 Å². The normalized spacial score (nSPS) is 37.1. The van der Waals surface area contributed by atoms with Gasteiger partial charge >= 0.3 is 35.6 Å². The van der Waals surface area contributed by atoms with Crippen molar-refractivity contribution in [2.24, 2.45) is 17.8 Å². The summed E-state index contributed by atoms with van der Waals surface area (Å²) in [6.45, 7) is -3.80. The van der Waals surface area contributed by atoms with E-state index in [1.54, 1.807) is 0 Å². The van der Waals surface area contributed by atoms with Crippen molar-refractivity contribution in [3.05, 3.63) is 0 Å². The molecule has 0 amide bonds. The average molecular weight is 502 g/mol. The van der Waals surface area contributed by atoms with E-state index in [9.17, 15) is 48.7 Å². The Bertz CT molecular complexity index is 788. The summed E-state index contributed by atoms with van der Waals surface area (Å²) >= 11 is 0. The van der Waals surface area contributed by atoms with E-state index < -0.39 is 78.9 Å². The molecule has 0 radical (unpaired) electrons. The molecule has 1 saturated heterocycles. The molecule has 0 aromatic carbocycles. The zero-order chi connectivity index (χ0) is 24.9. The second-order valence-corrected chi connectivity index (χ2v) is 9.66. The Balaban J connectivity index is 1.57. The van der Waals surface area contributed by atoms with Crippen LogP contribution in [0.25, 0.3) is 0 Å². The molecular weight excluding hydrogens is 482 g/mol. The van der Waals surface area contributed by atoms with Gasteiger partial charge in [-0.25, -0.2) is 4.79 Å². The lowest BCUT2D eigenvalue weighted by atomic mass is 9.51. The minimum absolute atomic E-state index is 0.0572. The monoisotopic (exact) mass is 502 g/mol. The fourth-order valence-corrected chi connectivity index (χ4v) is 5.78. The predicted molar refractivity (Wildman–Crippen MR) is 87.4 cm³/mol. The molecule has 5 rings (SSSR count). The van der Waals surface area contributed by atoms with Crippen LogP contribution in [0.4, 0.5) is 43.9 Å². The van der Waals surface area contributed by atoms with Gasteiger partial charge in [0.25, 0.3) is 0 Å². The van der Waals surface area contributed by atoms with Crippen LogP contribution < -0.4 is 0 Å². The number of alkyl halides is 10. The largest absolute Gasteiger partial charge is 0.454 e. The number of carbonyl (C=O) groups excluding carboxylic acids is 1. The Morgan fingerprint density at radius 2 is 1.30 bits per heavy atom. The van der Waals surface area contributed by atoms with E-state index in [1.807, 2.05) is 0 Å². The maximum Gasteiger partial charge on any atom is 0.410 e. The second-order valence-electron chi connectivity index (χ2n) is 9.66. The number of hydrogen-bond acceptors (Lipinski definition) is 4. The summed E-state index contributed by atoms with van der Waals surface area (Å²) in [6.07, 6.45) is -0.447. The fourth-order valence-electron chi connectivity index (χ4n) is 5.78. The molecule has 4 aliphatic carbocycles. The molecule has 5 aliphatic rings. The first-order chi connectivity index (χ1) is 14.8. The van der Waals surface area contributed by atoms with Crippen LogP contribution in [0.15, 0.2) is 0 Å². The van der Waals surface area contributed by atoms with Crippen LogP contribution in [-0.4, -0.2) is 60.2 Å². The molecule has 1 heterocycles. The summed E-state index contributed by atoms with van der Waals surface area (Å²) in [5.74, 6) is -33.2. The summed E-state index contributed by atoms with van der Waals surface area (Å²) in [4.78, 5) is 12.0. The van der Waals surface area contributed by atoms with Gasteiger partial charge in [0.2, 0.25) is 0 Å². The highest BCUT2D eigenvalue weighted by Crippen LogP contribution is 2.64. The lowest BCUT2D eigenvalue weighted by Crippen LogP contribution is -2.67. The predicted octanol–water partition coefficient (Wildman–Crippen LogP) is 5.05. The third-order valence-electron chi connectivity index (χ3n) is 7.28. The highest BCUT2D eigenvalue weighted by Gasteiger charge is 2.76. The Labute approximate surface area is 180 Å². The smallest absolute Gasteiger partial charge is 0.410 e. The molecule has 0 aromatic rings. The van der Waals surface area contributed by atoms with Gasteiger partial charge in [-0.15, -0.1) is 0 Å². The van der Waals surface area contributed by atoms with Crippen molar-refractivity contribution in [2.45, 2.75) is 80.0 Å². The van der Waals surface area contributed by atoms with Gasteiger partial charge in [-0.05, 0) is 38.0 Å². The number of esters is 1. The van der Waals surface area contributed by atoms with Gasteiger partial charge in [-0.3, -0.25) is 0 Å². The molecule has 1 aliphatic heterocycles. The third-order valence-corrected chi connectivity index (χ3v) is 7.28. The second kappa shape index (κ2) is 6.88. The van der Waals surface area contributed by atoms with Crippen molar-refractivity contribution in [1.29, 1.82) is 0 Å². The highest BCUT2D eigenvalue weighted by molar-refractivity contribution is 5.79. The first kappa shape index (κ1) is 24.8. The van der Waals surface area contributed by atoms with Crippen LogP contribution in [0.1, 0.15) is 39.0 Å². The highest BCUT2D eigenvalue weighted by atomic mass is 19.3. The van der Waals surface area contributed by atoms with Gasteiger partial charge in [0.05, 0.1) is 0 Å². The van der Waals surface area contributed by atoms with Crippen LogP contribution in [0.5, 0.6) is 0 Å². The quantitative estimate of drug-likeness (QED) is 0.399. The molecular formula is C19H20F10O4.